The molecule has 1 N–H and O–H groups in total. The Morgan fingerprint density at radius 1 is 0.947 bits per heavy atom. The highest BCUT2D eigenvalue weighted by Gasteiger charge is 2.46. The largest absolute Gasteiger partial charge is 0.507 e. The number of likely N-dealkylation sites (tertiary alicyclic amines) is 1. The van der Waals surface area contributed by atoms with Crippen LogP contribution in [-0.2, 0) is 19.1 Å². The fourth-order valence-electron chi connectivity index (χ4n) is 5.01. The summed E-state index contributed by atoms with van der Waals surface area (Å²) >= 11 is 0. The number of morpholine rings is 1. The number of amides is 1. The Morgan fingerprint density at radius 2 is 1.63 bits per heavy atom. The number of nitrogens with zero attached hydrogens (tertiary/aromatic N) is 2. The third-order valence-corrected chi connectivity index (χ3v) is 6.98. The minimum Gasteiger partial charge on any atom is -0.507 e. The number of aliphatic hydroxyl groups is 1. The number of methoxy groups -OCH3 is 1. The number of carbonyl (C=O) groups excluding carboxylic acids is 3. The standard InChI is InChI=1S/C28H30N2O8/c1-35-28(34)19-5-3-18(4-6-19)24-23(25(31)20-7-8-21-22(17-20)38-16-15-37-21)26(32)27(33)30(24)10-2-9-29-11-13-36-14-12-29/h3-8,17,24,31H,2,9-16H2,1H3/b25-23+. The van der Waals surface area contributed by atoms with Crippen molar-refractivity contribution in [3.8, 4) is 11.5 Å². The topological polar surface area (TPSA) is 115 Å². The van der Waals surface area contributed by atoms with E-state index in [0.29, 0.717) is 67.6 Å². The number of esters is 1. The molecule has 1 amide bonds. The van der Waals surface area contributed by atoms with Gasteiger partial charge in [0, 0.05) is 31.7 Å². The van der Waals surface area contributed by atoms with Crippen LogP contribution in [0.15, 0.2) is 48.0 Å². The summed E-state index contributed by atoms with van der Waals surface area (Å²) < 4.78 is 21.4. The fourth-order valence-corrected chi connectivity index (χ4v) is 5.01. The smallest absolute Gasteiger partial charge is 0.337 e. The van der Waals surface area contributed by atoms with Crippen molar-refractivity contribution in [2.45, 2.75) is 12.5 Å². The van der Waals surface area contributed by atoms with Crippen LogP contribution in [0.3, 0.4) is 0 Å². The van der Waals surface area contributed by atoms with Crippen LogP contribution < -0.4 is 9.47 Å². The van der Waals surface area contributed by atoms with Gasteiger partial charge in [-0.1, -0.05) is 12.1 Å². The number of aliphatic hydroxyl groups excluding tert-OH is 1. The van der Waals surface area contributed by atoms with Crippen LogP contribution in [0.1, 0.15) is 33.9 Å². The first-order valence-electron chi connectivity index (χ1n) is 12.6. The van der Waals surface area contributed by atoms with Crippen molar-refractivity contribution in [1.29, 1.82) is 0 Å². The predicted octanol–water partition coefficient (Wildman–Crippen LogP) is 2.39. The lowest BCUT2D eigenvalue weighted by Crippen LogP contribution is -2.39. The maximum Gasteiger partial charge on any atom is 0.337 e. The molecule has 0 spiro atoms. The average Bonchev–Trinajstić information content (AvgIpc) is 3.21. The Balaban J connectivity index is 1.49. The van der Waals surface area contributed by atoms with Crippen molar-refractivity contribution in [2.75, 3.05) is 59.7 Å². The summed E-state index contributed by atoms with van der Waals surface area (Å²) in [7, 11) is 1.30. The molecule has 1 atom stereocenters. The molecule has 200 valence electrons. The number of benzene rings is 2. The van der Waals surface area contributed by atoms with Gasteiger partial charge in [-0.2, -0.15) is 0 Å². The highest BCUT2D eigenvalue weighted by Crippen LogP contribution is 2.41. The number of ether oxygens (including phenoxy) is 4. The Morgan fingerprint density at radius 3 is 2.34 bits per heavy atom. The fraction of sp³-hybridized carbons (Fsp3) is 0.393. The van der Waals surface area contributed by atoms with E-state index >= 15 is 0 Å². The summed E-state index contributed by atoms with van der Waals surface area (Å²) in [4.78, 5) is 42.3. The number of hydrogen-bond acceptors (Lipinski definition) is 9. The number of rotatable bonds is 7. The quantitative estimate of drug-likeness (QED) is 0.253. The Bertz CT molecular complexity index is 1250. The van der Waals surface area contributed by atoms with Crippen LogP contribution in [-0.4, -0.2) is 92.3 Å². The molecule has 5 rings (SSSR count). The Labute approximate surface area is 220 Å². The van der Waals surface area contributed by atoms with Gasteiger partial charge in [0.15, 0.2) is 11.5 Å². The second kappa shape index (κ2) is 11.2. The van der Waals surface area contributed by atoms with Crippen LogP contribution in [0.4, 0.5) is 0 Å². The lowest BCUT2D eigenvalue weighted by molar-refractivity contribution is -0.140. The maximum absolute atomic E-state index is 13.3. The Kier molecular flexibility index (Phi) is 7.62. The van der Waals surface area contributed by atoms with Crippen molar-refractivity contribution >= 4 is 23.4 Å². The summed E-state index contributed by atoms with van der Waals surface area (Å²) in [5, 5.41) is 11.4. The van der Waals surface area contributed by atoms with E-state index in [1.165, 1.54) is 12.0 Å². The third-order valence-electron chi connectivity index (χ3n) is 6.98. The minimum atomic E-state index is -0.820. The molecule has 2 aromatic carbocycles. The number of hydrogen-bond donors (Lipinski definition) is 1. The van der Waals surface area contributed by atoms with Gasteiger partial charge in [-0.25, -0.2) is 4.79 Å². The second-order valence-electron chi connectivity index (χ2n) is 9.27. The molecule has 3 heterocycles. The van der Waals surface area contributed by atoms with E-state index in [1.807, 2.05) is 0 Å². The molecule has 10 nitrogen and oxygen atoms in total. The molecule has 0 bridgehead atoms. The van der Waals surface area contributed by atoms with Crippen molar-refractivity contribution in [2.24, 2.45) is 0 Å². The van der Waals surface area contributed by atoms with Crippen molar-refractivity contribution in [3.05, 3.63) is 64.7 Å². The third kappa shape index (κ3) is 5.09. The molecule has 0 radical (unpaired) electrons. The molecule has 10 heteroatoms. The van der Waals surface area contributed by atoms with Gasteiger partial charge >= 0.3 is 5.97 Å². The molecule has 0 aromatic heterocycles. The predicted molar refractivity (Wildman–Crippen MR) is 136 cm³/mol. The zero-order valence-corrected chi connectivity index (χ0v) is 21.2. The van der Waals surface area contributed by atoms with Crippen LogP contribution in [0.25, 0.3) is 5.76 Å². The van der Waals surface area contributed by atoms with Gasteiger partial charge in [-0.3, -0.25) is 14.5 Å². The molecule has 1 unspecified atom stereocenters. The maximum atomic E-state index is 13.3. The van der Waals surface area contributed by atoms with Gasteiger partial charge in [-0.05, 0) is 42.3 Å². The van der Waals surface area contributed by atoms with Crippen molar-refractivity contribution < 1.29 is 38.4 Å². The summed E-state index contributed by atoms with van der Waals surface area (Å²) in [6.45, 7) is 4.86. The first-order chi connectivity index (χ1) is 18.5. The van der Waals surface area contributed by atoms with E-state index in [4.69, 9.17) is 18.9 Å². The van der Waals surface area contributed by atoms with E-state index in [0.717, 1.165) is 19.6 Å². The number of carbonyl (C=O) groups is 3. The summed E-state index contributed by atoms with van der Waals surface area (Å²) in [5.41, 5.74) is 1.27. The molecular formula is C28H30N2O8. The molecule has 3 aliphatic rings. The van der Waals surface area contributed by atoms with Crippen LogP contribution >= 0.6 is 0 Å². The first kappa shape index (κ1) is 25.7. The molecule has 0 saturated carbocycles. The van der Waals surface area contributed by atoms with E-state index in [-0.39, 0.29) is 11.3 Å². The molecular weight excluding hydrogens is 492 g/mol. The minimum absolute atomic E-state index is 0.0103. The zero-order valence-electron chi connectivity index (χ0n) is 21.2. The lowest BCUT2D eigenvalue weighted by Gasteiger charge is -2.29. The van der Waals surface area contributed by atoms with E-state index in [1.54, 1.807) is 42.5 Å². The van der Waals surface area contributed by atoms with Gasteiger partial charge in [0.2, 0.25) is 0 Å². The number of ketones is 1. The summed E-state index contributed by atoms with van der Waals surface area (Å²) in [6.07, 6.45) is 0.647. The average molecular weight is 523 g/mol. The first-order valence-corrected chi connectivity index (χ1v) is 12.6. The van der Waals surface area contributed by atoms with E-state index in [9.17, 15) is 19.5 Å². The molecule has 38 heavy (non-hydrogen) atoms. The monoisotopic (exact) mass is 522 g/mol. The number of fused-ring (bicyclic) bond motifs is 1. The van der Waals surface area contributed by atoms with Gasteiger partial charge in [0.25, 0.3) is 11.7 Å². The molecule has 2 fully saturated rings. The van der Waals surface area contributed by atoms with Crippen LogP contribution in [0, 0.1) is 0 Å². The van der Waals surface area contributed by atoms with Crippen LogP contribution in [0.2, 0.25) is 0 Å². The summed E-state index contributed by atoms with van der Waals surface area (Å²) in [5.74, 6) is -1.21. The second-order valence-corrected chi connectivity index (χ2v) is 9.27. The van der Waals surface area contributed by atoms with Gasteiger partial charge in [0.05, 0.1) is 37.5 Å². The van der Waals surface area contributed by atoms with Crippen molar-refractivity contribution in [1.82, 2.24) is 9.80 Å². The summed E-state index contributed by atoms with van der Waals surface area (Å²) in [6, 6.07) is 10.6. The van der Waals surface area contributed by atoms with Gasteiger partial charge in [0.1, 0.15) is 19.0 Å². The molecule has 2 aromatic rings. The SMILES string of the molecule is COC(=O)c1ccc(C2/C(=C(\O)c3ccc4c(c3)OCCO4)C(=O)C(=O)N2CCCN2CCOCC2)cc1. The molecule has 3 aliphatic heterocycles. The van der Waals surface area contributed by atoms with Crippen molar-refractivity contribution in [3.63, 3.8) is 0 Å². The van der Waals surface area contributed by atoms with Gasteiger partial charge in [-0.15, -0.1) is 0 Å². The Hall–Kier alpha value is -3.89. The number of Topliss-reactive ketones (excluding diaryl/α,β-unsaturated/α-hetero) is 1. The van der Waals surface area contributed by atoms with Gasteiger partial charge < -0.3 is 29.0 Å². The van der Waals surface area contributed by atoms with E-state index < -0.39 is 23.7 Å². The normalized spacial score (nSPS) is 21.0. The lowest BCUT2D eigenvalue weighted by atomic mass is 9.94. The highest BCUT2D eigenvalue weighted by molar-refractivity contribution is 6.46. The van der Waals surface area contributed by atoms with E-state index in [2.05, 4.69) is 4.90 Å². The highest BCUT2D eigenvalue weighted by atomic mass is 16.6. The molecule has 2 saturated heterocycles. The van der Waals surface area contributed by atoms with Crippen LogP contribution in [0.5, 0.6) is 11.5 Å². The molecule has 0 aliphatic carbocycles. The zero-order chi connectivity index (χ0) is 26.6.